The fourth-order valence-electron chi connectivity index (χ4n) is 2.79. The number of rotatable bonds is 10. The Morgan fingerprint density at radius 1 is 1.33 bits per heavy atom. The minimum Gasteiger partial charge on any atom is -0.468 e. The van der Waals surface area contributed by atoms with E-state index in [1.807, 2.05) is 31.2 Å². The van der Waals surface area contributed by atoms with Gasteiger partial charge in [-0.15, -0.1) is 0 Å². The van der Waals surface area contributed by atoms with E-state index in [1.165, 1.54) is 6.08 Å². The van der Waals surface area contributed by atoms with Crippen LogP contribution in [-0.2, 0) is 20.8 Å². The van der Waals surface area contributed by atoms with Crippen molar-refractivity contribution in [2.24, 2.45) is 0 Å². The predicted molar refractivity (Wildman–Crippen MR) is 92.8 cm³/mol. The van der Waals surface area contributed by atoms with Crippen molar-refractivity contribution in [1.29, 1.82) is 0 Å². The molecule has 0 unspecified atom stereocenters. The van der Waals surface area contributed by atoms with Gasteiger partial charge in [-0.1, -0.05) is 18.7 Å². The van der Waals surface area contributed by atoms with Gasteiger partial charge < -0.3 is 19.1 Å². The highest BCUT2D eigenvalue weighted by Crippen LogP contribution is 2.36. The van der Waals surface area contributed by atoms with Crippen molar-refractivity contribution in [3.8, 4) is 5.75 Å². The lowest BCUT2D eigenvalue weighted by Gasteiger charge is -2.43. The predicted octanol–water partition coefficient (Wildman–Crippen LogP) is 3.14. The molecule has 0 spiro atoms. The first-order chi connectivity index (χ1) is 11.6. The molecular weight excluding hydrogens is 306 g/mol. The Morgan fingerprint density at radius 2 is 2.04 bits per heavy atom. The number of methoxy groups -OCH3 is 1. The number of benzene rings is 1. The van der Waals surface area contributed by atoms with Crippen LogP contribution < -0.4 is 4.74 Å². The first-order valence-electron chi connectivity index (χ1n) is 8.38. The molecule has 0 radical (unpaired) electrons. The zero-order valence-corrected chi connectivity index (χ0v) is 14.6. The van der Waals surface area contributed by atoms with Crippen LogP contribution in [0.1, 0.15) is 31.7 Å². The molecule has 2 rings (SSSR count). The summed E-state index contributed by atoms with van der Waals surface area (Å²) in [5.74, 6) is 0.677. The van der Waals surface area contributed by atoms with E-state index in [2.05, 4.69) is 6.58 Å². The largest absolute Gasteiger partial charge is 0.468 e. The molecular formula is C19H27NO4. The number of nitrogens with zero attached hydrogens (tertiary/aromatic N) is 1. The highest BCUT2D eigenvalue weighted by Gasteiger charge is 2.39. The topological polar surface area (TPSA) is 48.0 Å². The lowest BCUT2D eigenvalue weighted by molar-refractivity contribution is -0.137. The standard InChI is InChI=1S/C19H27NO4/c1-4-18(21)20(14-19(22-3)11-6-12-19)13-16-7-9-17(10-8-16)24-15-23-5-2/h4,7-10H,1,5-6,11-15H2,2-3H3. The summed E-state index contributed by atoms with van der Waals surface area (Å²) in [6.45, 7) is 7.53. The van der Waals surface area contributed by atoms with Gasteiger partial charge in [-0.3, -0.25) is 4.79 Å². The molecule has 5 nitrogen and oxygen atoms in total. The molecule has 0 aliphatic heterocycles. The number of ether oxygens (including phenoxy) is 3. The van der Waals surface area contributed by atoms with E-state index in [4.69, 9.17) is 14.2 Å². The number of carbonyl (C=O) groups is 1. The highest BCUT2D eigenvalue weighted by molar-refractivity contribution is 5.87. The van der Waals surface area contributed by atoms with Crippen LogP contribution >= 0.6 is 0 Å². The van der Waals surface area contributed by atoms with Crippen molar-refractivity contribution >= 4 is 5.91 Å². The molecule has 24 heavy (non-hydrogen) atoms. The van der Waals surface area contributed by atoms with E-state index in [1.54, 1.807) is 12.0 Å². The maximum Gasteiger partial charge on any atom is 0.246 e. The molecule has 1 amide bonds. The molecule has 5 heteroatoms. The number of hydrogen-bond acceptors (Lipinski definition) is 4. The van der Waals surface area contributed by atoms with Gasteiger partial charge in [0, 0.05) is 20.3 Å². The summed E-state index contributed by atoms with van der Waals surface area (Å²) < 4.78 is 16.3. The number of carbonyl (C=O) groups excluding carboxylic acids is 1. The zero-order valence-electron chi connectivity index (χ0n) is 14.6. The van der Waals surface area contributed by atoms with E-state index >= 15 is 0 Å². The lowest BCUT2D eigenvalue weighted by Crippen LogP contribution is -2.50. The van der Waals surface area contributed by atoms with E-state index in [9.17, 15) is 4.79 Å². The van der Waals surface area contributed by atoms with Crippen molar-refractivity contribution in [3.05, 3.63) is 42.5 Å². The molecule has 1 aliphatic carbocycles. The summed E-state index contributed by atoms with van der Waals surface area (Å²) in [4.78, 5) is 14.0. The van der Waals surface area contributed by atoms with Gasteiger partial charge in [-0.05, 0) is 50.0 Å². The first-order valence-corrected chi connectivity index (χ1v) is 8.38. The van der Waals surface area contributed by atoms with Crippen molar-refractivity contribution in [2.75, 3.05) is 27.1 Å². The fourth-order valence-corrected chi connectivity index (χ4v) is 2.79. The van der Waals surface area contributed by atoms with Gasteiger partial charge in [0.05, 0.1) is 12.1 Å². The summed E-state index contributed by atoms with van der Waals surface area (Å²) in [7, 11) is 1.72. The van der Waals surface area contributed by atoms with Crippen LogP contribution in [0.5, 0.6) is 5.75 Å². The van der Waals surface area contributed by atoms with Gasteiger partial charge >= 0.3 is 0 Å². The second-order valence-electron chi connectivity index (χ2n) is 6.04. The van der Waals surface area contributed by atoms with Crippen molar-refractivity contribution in [2.45, 2.75) is 38.3 Å². The van der Waals surface area contributed by atoms with Crippen LogP contribution in [0.25, 0.3) is 0 Å². The monoisotopic (exact) mass is 333 g/mol. The SMILES string of the molecule is C=CC(=O)N(Cc1ccc(OCOCC)cc1)CC1(OC)CCC1. The van der Waals surface area contributed by atoms with Gasteiger partial charge in [0.2, 0.25) is 5.91 Å². The smallest absolute Gasteiger partial charge is 0.246 e. The normalized spacial score (nSPS) is 15.4. The van der Waals surface area contributed by atoms with Crippen LogP contribution in [0.3, 0.4) is 0 Å². The third-order valence-electron chi connectivity index (χ3n) is 4.47. The first kappa shape index (κ1) is 18.5. The molecule has 1 aromatic rings. The molecule has 1 saturated carbocycles. The molecule has 0 atom stereocenters. The minimum atomic E-state index is -0.195. The van der Waals surface area contributed by atoms with Crippen LogP contribution in [0.15, 0.2) is 36.9 Å². The van der Waals surface area contributed by atoms with Gasteiger partial charge in [0.1, 0.15) is 5.75 Å². The van der Waals surface area contributed by atoms with Gasteiger partial charge in [0.25, 0.3) is 0 Å². The van der Waals surface area contributed by atoms with Crippen LogP contribution in [0.2, 0.25) is 0 Å². The Kier molecular flexibility index (Phi) is 6.82. The Hall–Kier alpha value is -1.85. The van der Waals surface area contributed by atoms with Crippen LogP contribution in [0, 0.1) is 0 Å². The molecule has 0 saturated heterocycles. The summed E-state index contributed by atoms with van der Waals surface area (Å²) in [6.07, 6.45) is 4.50. The van der Waals surface area contributed by atoms with E-state index < -0.39 is 0 Å². The Balaban J connectivity index is 1.98. The highest BCUT2D eigenvalue weighted by atomic mass is 16.7. The lowest BCUT2D eigenvalue weighted by atomic mass is 9.79. The summed E-state index contributed by atoms with van der Waals surface area (Å²) >= 11 is 0. The second kappa shape index (κ2) is 8.85. The van der Waals surface area contributed by atoms with Crippen molar-refractivity contribution in [1.82, 2.24) is 4.90 Å². The van der Waals surface area contributed by atoms with E-state index in [0.29, 0.717) is 19.7 Å². The molecule has 0 aromatic heterocycles. The summed E-state index contributed by atoms with van der Waals surface area (Å²) in [5.41, 5.74) is 0.846. The second-order valence-corrected chi connectivity index (χ2v) is 6.04. The van der Waals surface area contributed by atoms with Crippen LogP contribution in [0.4, 0.5) is 0 Å². The molecule has 0 bridgehead atoms. The maximum atomic E-state index is 12.2. The Bertz CT molecular complexity index is 531. The third kappa shape index (κ3) is 4.82. The van der Waals surface area contributed by atoms with E-state index in [0.717, 1.165) is 30.6 Å². The van der Waals surface area contributed by atoms with Gasteiger partial charge in [0.15, 0.2) is 6.79 Å². The minimum absolute atomic E-state index is 0.0741. The van der Waals surface area contributed by atoms with Crippen molar-refractivity contribution < 1.29 is 19.0 Å². The average molecular weight is 333 g/mol. The summed E-state index contributed by atoms with van der Waals surface area (Å²) in [5, 5.41) is 0. The fraction of sp³-hybridized carbons (Fsp3) is 0.526. The Labute approximate surface area is 144 Å². The van der Waals surface area contributed by atoms with Gasteiger partial charge in [-0.2, -0.15) is 0 Å². The molecule has 132 valence electrons. The number of amides is 1. The molecule has 0 heterocycles. The molecule has 1 fully saturated rings. The molecule has 1 aliphatic rings. The van der Waals surface area contributed by atoms with Gasteiger partial charge in [-0.25, -0.2) is 0 Å². The average Bonchev–Trinajstić information content (AvgIpc) is 2.58. The quantitative estimate of drug-likeness (QED) is 0.375. The molecule has 1 aromatic carbocycles. The zero-order chi connectivity index (χ0) is 17.4. The van der Waals surface area contributed by atoms with Crippen LogP contribution in [-0.4, -0.2) is 43.5 Å². The third-order valence-corrected chi connectivity index (χ3v) is 4.47. The maximum absolute atomic E-state index is 12.2. The number of hydrogen-bond donors (Lipinski definition) is 0. The molecule has 0 N–H and O–H groups in total. The van der Waals surface area contributed by atoms with E-state index in [-0.39, 0.29) is 18.3 Å². The summed E-state index contributed by atoms with van der Waals surface area (Å²) in [6, 6.07) is 7.70. The van der Waals surface area contributed by atoms with Crippen molar-refractivity contribution in [3.63, 3.8) is 0 Å². The Morgan fingerprint density at radius 3 is 2.54 bits per heavy atom.